The predicted octanol–water partition coefficient (Wildman–Crippen LogP) is 3.58. The summed E-state index contributed by atoms with van der Waals surface area (Å²) < 4.78 is 16.4. The van der Waals surface area contributed by atoms with Crippen LogP contribution in [0.25, 0.3) is 0 Å². The van der Waals surface area contributed by atoms with Gasteiger partial charge in [0.1, 0.15) is 17.8 Å². The van der Waals surface area contributed by atoms with Crippen molar-refractivity contribution in [2.24, 2.45) is 0 Å². The minimum Gasteiger partial charge on any atom is -0.497 e. The van der Waals surface area contributed by atoms with Gasteiger partial charge in [0.25, 0.3) is 5.91 Å². The fourth-order valence-corrected chi connectivity index (χ4v) is 2.82. The summed E-state index contributed by atoms with van der Waals surface area (Å²) in [6, 6.07) is 6.12. The predicted molar refractivity (Wildman–Crippen MR) is 108 cm³/mol. The Balaban J connectivity index is 2.19. The third kappa shape index (κ3) is 5.25. The molecule has 28 heavy (non-hydrogen) atoms. The van der Waals surface area contributed by atoms with E-state index in [0.29, 0.717) is 37.3 Å². The second-order valence-electron chi connectivity index (χ2n) is 6.79. The Morgan fingerprint density at radius 3 is 2.57 bits per heavy atom. The molecule has 7 heteroatoms. The third-order valence-corrected chi connectivity index (χ3v) is 5.01. The van der Waals surface area contributed by atoms with Crippen molar-refractivity contribution in [1.82, 2.24) is 14.8 Å². The molecule has 0 aliphatic carbocycles. The number of carbonyl (C=O) groups excluding carboxylic acids is 1. The molecule has 0 saturated carbocycles. The van der Waals surface area contributed by atoms with Crippen LogP contribution in [0.1, 0.15) is 49.1 Å². The molecule has 7 nitrogen and oxygen atoms in total. The highest BCUT2D eigenvalue weighted by Gasteiger charge is 2.20. The summed E-state index contributed by atoms with van der Waals surface area (Å²) in [5.74, 6) is 1.93. The molecule has 0 N–H and O–H groups in total. The molecule has 0 saturated heterocycles. The van der Waals surface area contributed by atoms with Crippen LogP contribution < -0.4 is 9.47 Å². The third-order valence-electron chi connectivity index (χ3n) is 5.01. The van der Waals surface area contributed by atoms with E-state index in [0.717, 1.165) is 23.5 Å². The fourth-order valence-electron chi connectivity index (χ4n) is 2.82. The second kappa shape index (κ2) is 10.1. The van der Waals surface area contributed by atoms with E-state index in [1.165, 1.54) is 6.26 Å². The Bertz CT molecular complexity index is 775. The Morgan fingerprint density at radius 2 is 1.96 bits per heavy atom. The van der Waals surface area contributed by atoms with Gasteiger partial charge in [-0.2, -0.15) is 0 Å². The van der Waals surface area contributed by atoms with E-state index in [-0.39, 0.29) is 5.91 Å². The zero-order chi connectivity index (χ0) is 20.7. The van der Waals surface area contributed by atoms with Crippen LogP contribution in [-0.2, 0) is 13.1 Å². The summed E-state index contributed by atoms with van der Waals surface area (Å²) in [6.07, 6.45) is 2.41. The topological polar surface area (TPSA) is 68.0 Å². The van der Waals surface area contributed by atoms with Crippen molar-refractivity contribution in [3.05, 3.63) is 41.6 Å². The molecule has 1 aromatic carbocycles. The second-order valence-corrected chi connectivity index (χ2v) is 6.79. The van der Waals surface area contributed by atoms with E-state index in [9.17, 15) is 4.79 Å². The van der Waals surface area contributed by atoms with Crippen LogP contribution in [0.3, 0.4) is 0 Å². The highest BCUT2D eigenvalue weighted by atomic mass is 16.5. The first-order chi connectivity index (χ1) is 13.4. The zero-order valence-electron chi connectivity index (χ0n) is 17.7. The van der Waals surface area contributed by atoms with Crippen LogP contribution in [0.4, 0.5) is 0 Å². The van der Waals surface area contributed by atoms with Gasteiger partial charge in [0.05, 0.1) is 20.8 Å². The number of rotatable bonds is 10. The molecular formula is C21H31N3O4. The number of ether oxygens (including phenoxy) is 2. The summed E-state index contributed by atoms with van der Waals surface area (Å²) in [6.45, 7) is 8.03. The van der Waals surface area contributed by atoms with Crippen molar-refractivity contribution in [1.29, 1.82) is 0 Å². The summed E-state index contributed by atoms with van der Waals surface area (Å²) in [4.78, 5) is 20.5. The molecule has 0 unspecified atom stereocenters. The van der Waals surface area contributed by atoms with Gasteiger partial charge in [-0.25, -0.2) is 4.98 Å². The summed E-state index contributed by atoms with van der Waals surface area (Å²) in [7, 11) is 5.04. The molecule has 0 aliphatic rings. The molecule has 2 rings (SSSR count). The Kier molecular flexibility index (Phi) is 7.87. The van der Waals surface area contributed by atoms with Crippen LogP contribution in [0.15, 0.2) is 28.9 Å². The number of benzene rings is 1. The van der Waals surface area contributed by atoms with Crippen LogP contribution in [0.5, 0.6) is 11.5 Å². The van der Waals surface area contributed by atoms with Gasteiger partial charge in [-0.05, 0) is 26.3 Å². The van der Waals surface area contributed by atoms with Gasteiger partial charge in [0.2, 0.25) is 5.89 Å². The number of oxazole rings is 1. The molecule has 2 aromatic rings. The smallest absolute Gasteiger partial charge is 0.275 e. The van der Waals surface area contributed by atoms with Crippen molar-refractivity contribution in [2.45, 2.75) is 46.3 Å². The molecule has 1 aromatic heterocycles. The average molecular weight is 389 g/mol. The number of carbonyl (C=O) groups is 1. The number of methoxy groups -OCH3 is 2. The van der Waals surface area contributed by atoms with E-state index in [1.54, 1.807) is 26.2 Å². The molecule has 0 bridgehead atoms. The van der Waals surface area contributed by atoms with Crippen LogP contribution >= 0.6 is 0 Å². The highest BCUT2D eigenvalue weighted by molar-refractivity contribution is 5.91. The molecule has 0 spiro atoms. The van der Waals surface area contributed by atoms with E-state index >= 15 is 0 Å². The van der Waals surface area contributed by atoms with Gasteiger partial charge in [-0.15, -0.1) is 0 Å². The van der Waals surface area contributed by atoms with E-state index < -0.39 is 0 Å². The molecule has 1 heterocycles. The first kappa shape index (κ1) is 21.8. The van der Waals surface area contributed by atoms with Gasteiger partial charge in [-0.1, -0.05) is 13.0 Å². The fraction of sp³-hybridized carbons (Fsp3) is 0.524. The van der Waals surface area contributed by atoms with Crippen molar-refractivity contribution in [2.75, 3.05) is 27.8 Å². The van der Waals surface area contributed by atoms with Crippen molar-refractivity contribution in [3.63, 3.8) is 0 Å². The lowest BCUT2D eigenvalue weighted by atomic mass is 10.1. The number of amides is 1. The SMILES string of the molecule is CC[C@@H](C)N(Cc1nc(C(=O)N(C)CC)co1)Cc1ccc(OC)cc1OC. The van der Waals surface area contributed by atoms with Gasteiger partial charge in [0, 0.05) is 37.8 Å². The van der Waals surface area contributed by atoms with Crippen LogP contribution in [0, 0.1) is 0 Å². The molecule has 0 aliphatic heterocycles. The van der Waals surface area contributed by atoms with Crippen LogP contribution in [0.2, 0.25) is 0 Å². The lowest BCUT2D eigenvalue weighted by Gasteiger charge is -2.27. The number of hydrogen-bond acceptors (Lipinski definition) is 6. The zero-order valence-corrected chi connectivity index (χ0v) is 17.7. The molecular weight excluding hydrogens is 358 g/mol. The molecule has 1 amide bonds. The lowest BCUT2D eigenvalue weighted by Crippen LogP contribution is -2.32. The summed E-state index contributed by atoms with van der Waals surface area (Å²) >= 11 is 0. The van der Waals surface area contributed by atoms with Crippen molar-refractivity contribution in [3.8, 4) is 11.5 Å². The van der Waals surface area contributed by atoms with Crippen molar-refractivity contribution >= 4 is 5.91 Å². The Labute approximate surface area is 167 Å². The minimum atomic E-state index is -0.135. The van der Waals surface area contributed by atoms with Gasteiger partial charge in [-0.3, -0.25) is 9.69 Å². The highest BCUT2D eigenvalue weighted by Crippen LogP contribution is 2.27. The average Bonchev–Trinajstić information content (AvgIpc) is 3.20. The van der Waals surface area contributed by atoms with Gasteiger partial charge < -0.3 is 18.8 Å². The maximum Gasteiger partial charge on any atom is 0.275 e. The van der Waals surface area contributed by atoms with E-state index in [2.05, 4.69) is 23.7 Å². The van der Waals surface area contributed by atoms with Crippen LogP contribution in [-0.4, -0.2) is 54.5 Å². The minimum absolute atomic E-state index is 0.135. The monoisotopic (exact) mass is 389 g/mol. The number of hydrogen-bond donors (Lipinski definition) is 0. The molecule has 154 valence electrons. The van der Waals surface area contributed by atoms with Gasteiger partial charge in [0.15, 0.2) is 5.69 Å². The lowest BCUT2D eigenvalue weighted by molar-refractivity contribution is 0.0796. The normalized spacial score (nSPS) is 12.1. The Morgan fingerprint density at radius 1 is 1.21 bits per heavy atom. The standard InChI is InChI=1S/C21H31N3O4/c1-7-15(3)24(12-16-9-10-17(26-5)11-19(16)27-6)13-20-22-18(14-28-20)21(25)23(4)8-2/h9-11,14-15H,7-8,12-13H2,1-6H3/t15-/m1/s1. The summed E-state index contributed by atoms with van der Waals surface area (Å²) in [5.41, 5.74) is 1.39. The quantitative estimate of drug-likeness (QED) is 0.619. The van der Waals surface area contributed by atoms with E-state index in [4.69, 9.17) is 13.9 Å². The van der Waals surface area contributed by atoms with E-state index in [1.807, 2.05) is 25.1 Å². The van der Waals surface area contributed by atoms with Crippen molar-refractivity contribution < 1.29 is 18.7 Å². The molecule has 0 fully saturated rings. The summed E-state index contributed by atoms with van der Waals surface area (Å²) in [5, 5.41) is 0. The first-order valence-electron chi connectivity index (χ1n) is 9.58. The number of aromatic nitrogens is 1. The largest absolute Gasteiger partial charge is 0.497 e. The number of nitrogens with zero attached hydrogens (tertiary/aromatic N) is 3. The molecule has 1 atom stereocenters. The Hall–Kier alpha value is -2.54. The molecule has 0 radical (unpaired) electrons. The maximum absolute atomic E-state index is 12.3. The van der Waals surface area contributed by atoms with Gasteiger partial charge >= 0.3 is 0 Å². The first-order valence-corrected chi connectivity index (χ1v) is 9.58. The maximum atomic E-state index is 12.3.